The van der Waals surface area contributed by atoms with Crippen LogP contribution in [0.3, 0.4) is 0 Å². The van der Waals surface area contributed by atoms with Gasteiger partial charge in [-0.15, -0.1) is 0 Å². The molecule has 0 radical (unpaired) electrons. The third-order valence-corrected chi connectivity index (χ3v) is 6.14. The number of anilines is 2. The number of imide groups is 1. The maximum atomic E-state index is 13.1. The number of amides is 5. The summed E-state index contributed by atoms with van der Waals surface area (Å²) in [5.41, 5.74) is -0.0387. The molecule has 0 saturated carbocycles. The molecule has 4 rings (SSSR count). The number of hydrogen-bond acceptors (Lipinski definition) is 4. The van der Waals surface area contributed by atoms with Crippen LogP contribution < -0.4 is 15.5 Å². The first kappa shape index (κ1) is 22.1. The highest BCUT2D eigenvalue weighted by atomic mass is 35.5. The Hall–Kier alpha value is -3.10. The molecule has 2 saturated heterocycles. The first-order valence-electron chi connectivity index (χ1n) is 9.99. The lowest BCUT2D eigenvalue weighted by Gasteiger charge is -2.23. The average molecular weight is 475 g/mol. The van der Waals surface area contributed by atoms with E-state index in [4.69, 9.17) is 23.2 Å². The zero-order valence-corrected chi connectivity index (χ0v) is 18.7. The van der Waals surface area contributed by atoms with Crippen LogP contribution in [0, 0.1) is 0 Å². The van der Waals surface area contributed by atoms with Crippen molar-refractivity contribution in [1.82, 2.24) is 10.2 Å². The van der Waals surface area contributed by atoms with Gasteiger partial charge < -0.3 is 15.5 Å². The Labute approximate surface area is 194 Å². The zero-order valence-electron chi connectivity index (χ0n) is 17.2. The summed E-state index contributed by atoms with van der Waals surface area (Å²) >= 11 is 12.2. The molecule has 2 aromatic rings. The number of halogens is 2. The Morgan fingerprint density at radius 2 is 1.91 bits per heavy atom. The molecule has 32 heavy (non-hydrogen) atoms. The number of nitrogens with one attached hydrogen (secondary N) is 2. The normalized spacial score (nSPS) is 20.7. The molecular weight excluding hydrogens is 455 g/mol. The molecule has 0 spiro atoms. The van der Waals surface area contributed by atoms with Gasteiger partial charge in [0.2, 0.25) is 11.8 Å². The summed E-state index contributed by atoms with van der Waals surface area (Å²) < 4.78 is 0. The number of benzene rings is 2. The van der Waals surface area contributed by atoms with E-state index >= 15 is 0 Å². The topological polar surface area (TPSA) is 98.8 Å². The van der Waals surface area contributed by atoms with Gasteiger partial charge in [-0.25, -0.2) is 4.79 Å². The summed E-state index contributed by atoms with van der Waals surface area (Å²) in [6, 6.07) is 10.8. The minimum Gasteiger partial charge on any atom is -0.323 e. The van der Waals surface area contributed by atoms with Gasteiger partial charge in [0.1, 0.15) is 12.1 Å². The third kappa shape index (κ3) is 3.91. The van der Waals surface area contributed by atoms with Crippen LogP contribution in [0.1, 0.15) is 25.3 Å². The molecule has 2 aromatic carbocycles. The highest BCUT2D eigenvalue weighted by molar-refractivity contribution is 6.35. The van der Waals surface area contributed by atoms with Gasteiger partial charge >= 0.3 is 6.03 Å². The third-order valence-electron chi connectivity index (χ3n) is 5.59. The SMILES string of the molecule is CC1(c2ccc(Cl)cc2Cl)NC(=O)N(CC(=O)Nc2ccccc2N2CCCC2=O)C1=O. The van der Waals surface area contributed by atoms with Crippen molar-refractivity contribution in [2.45, 2.75) is 25.3 Å². The summed E-state index contributed by atoms with van der Waals surface area (Å²) in [5, 5.41) is 5.95. The van der Waals surface area contributed by atoms with E-state index < -0.39 is 29.9 Å². The van der Waals surface area contributed by atoms with Crippen LogP contribution in [-0.4, -0.2) is 41.7 Å². The number of rotatable bonds is 5. The van der Waals surface area contributed by atoms with E-state index in [-0.39, 0.29) is 10.9 Å². The number of urea groups is 1. The molecule has 0 aliphatic carbocycles. The number of hydrogen-bond donors (Lipinski definition) is 2. The van der Waals surface area contributed by atoms with Crippen molar-refractivity contribution in [1.29, 1.82) is 0 Å². The van der Waals surface area contributed by atoms with E-state index in [9.17, 15) is 19.2 Å². The van der Waals surface area contributed by atoms with Crippen molar-refractivity contribution in [3.63, 3.8) is 0 Å². The largest absolute Gasteiger partial charge is 0.325 e. The second kappa shape index (κ2) is 8.44. The number of para-hydroxylation sites is 2. The first-order chi connectivity index (χ1) is 15.2. The summed E-state index contributed by atoms with van der Waals surface area (Å²) in [7, 11) is 0. The summed E-state index contributed by atoms with van der Waals surface area (Å²) in [5.74, 6) is -1.19. The van der Waals surface area contributed by atoms with Gasteiger partial charge in [-0.2, -0.15) is 0 Å². The molecule has 0 bridgehead atoms. The quantitative estimate of drug-likeness (QED) is 0.647. The monoisotopic (exact) mass is 474 g/mol. The van der Waals surface area contributed by atoms with Crippen LogP contribution in [0.15, 0.2) is 42.5 Å². The molecule has 1 atom stereocenters. The van der Waals surface area contributed by atoms with Gasteiger partial charge in [-0.1, -0.05) is 41.4 Å². The van der Waals surface area contributed by atoms with Crippen LogP contribution in [0.2, 0.25) is 10.0 Å². The Balaban J connectivity index is 1.52. The molecule has 2 N–H and O–H groups in total. The molecule has 5 amide bonds. The van der Waals surface area contributed by atoms with Gasteiger partial charge in [0, 0.05) is 28.6 Å². The molecule has 8 nitrogen and oxygen atoms in total. The minimum absolute atomic E-state index is 0.0172. The lowest BCUT2D eigenvalue weighted by molar-refractivity contribution is -0.133. The smallest absolute Gasteiger partial charge is 0.323 e. The standard InChI is InChI=1S/C22H20Cl2N4O4/c1-22(14-9-8-13(23)11-15(14)24)20(31)28(21(32)26-22)12-18(29)25-16-5-2-3-6-17(16)27-10-4-7-19(27)30/h2-3,5-6,8-9,11H,4,7,10,12H2,1H3,(H,25,29)(H,26,32). The number of carbonyl (C=O) groups excluding carboxylic acids is 4. The molecule has 2 fully saturated rings. The lowest BCUT2D eigenvalue weighted by Crippen LogP contribution is -2.42. The maximum Gasteiger partial charge on any atom is 0.325 e. The second-order valence-corrected chi connectivity index (χ2v) is 8.63. The van der Waals surface area contributed by atoms with Crippen LogP contribution in [0.5, 0.6) is 0 Å². The van der Waals surface area contributed by atoms with Gasteiger partial charge in [0.05, 0.1) is 11.4 Å². The minimum atomic E-state index is -1.43. The molecular formula is C22H20Cl2N4O4. The Kier molecular flexibility index (Phi) is 5.83. The van der Waals surface area contributed by atoms with E-state index in [1.807, 2.05) is 0 Å². The zero-order chi connectivity index (χ0) is 23.0. The van der Waals surface area contributed by atoms with Crippen molar-refractivity contribution in [2.75, 3.05) is 23.3 Å². The molecule has 0 aromatic heterocycles. The van der Waals surface area contributed by atoms with Crippen molar-refractivity contribution < 1.29 is 19.2 Å². The van der Waals surface area contributed by atoms with Gasteiger partial charge in [0.15, 0.2) is 0 Å². The fraction of sp³-hybridized carbons (Fsp3) is 0.273. The van der Waals surface area contributed by atoms with Gasteiger partial charge in [-0.05, 0) is 37.6 Å². The van der Waals surface area contributed by atoms with Crippen molar-refractivity contribution >= 4 is 58.3 Å². The average Bonchev–Trinajstić information content (AvgIpc) is 3.25. The fourth-order valence-electron chi connectivity index (χ4n) is 3.97. The van der Waals surface area contributed by atoms with Crippen LogP contribution >= 0.6 is 23.2 Å². The fourth-order valence-corrected chi connectivity index (χ4v) is 4.57. The van der Waals surface area contributed by atoms with E-state index in [1.165, 1.54) is 13.0 Å². The molecule has 1 unspecified atom stereocenters. The summed E-state index contributed by atoms with van der Waals surface area (Å²) in [6.45, 7) is 1.60. The van der Waals surface area contributed by atoms with Gasteiger partial charge in [-0.3, -0.25) is 19.3 Å². The van der Waals surface area contributed by atoms with Crippen LogP contribution in [-0.2, 0) is 19.9 Å². The molecule has 2 aliphatic heterocycles. The van der Waals surface area contributed by atoms with Gasteiger partial charge in [0.25, 0.3) is 5.91 Å². The van der Waals surface area contributed by atoms with E-state index in [0.29, 0.717) is 34.9 Å². The predicted octanol–water partition coefficient (Wildman–Crippen LogP) is 3.53. The lowest BCUT2D eigenvalue weighted by atomic mass is 9.92. The van der Waals surface area contributed by atoms with Crippen molar-refractivity contribution in [2.24, 2.45) is 0 Å². The van der Waals surface area contributed by atoms with Crippen molar-refractivity contribution in [3.05, 3.63) is 58.1 Å². The van der Waals surface area contributed by atoms with E-state index in [0.717, 1.165) is 11.3 Å². The van der Waals surface area contributed by atoms with Crippen molar-refractivity contribution in [3.8, 4) is 0 Å². The maximum absolute atomic E-state index is 13.1. The molecule has 166 valence electrons. The van der Waals surface area contributed by atoms with E-state index in [1.54, 1.807) is 41.3 Å². The van der Waals surface area contributed by atoms with E-state index in [2.05, 4.69) is 10.6 Å². The Bertz CT molecular complexity index is 1140. The highest BCUT2D eigenvalue weighted by Crippen LogP contribution is 2.35. The molecule has 10 heteroatoms. The van der Waals surface area contributed by atoms with Crippen LogP contribution in [0.4, 0.5) is 16.2 Å². The summed E-state index contributed by atoms with van der Waals surface area (Å²) in [4.78, 5) is 53.0. The highest BCUT2D eigenvalue weighted by Gasteiger charge is 2.50. The van der Waals surface area contributed by atoms with Crippen LogP contribution in [0.25, 0.3) is 0 Å². The number of carbonyl (C=O) groups is 4. The number of nitrogens with zero attached hydrogens (tertiary/aromatic N) is 2. The Morgan fingerprint density at radius 3 is 2.59 bits per heavy atom. The molecule has 2 heterocycles. The second-order valence-electron chi connectivity index (χ2n) is 7.78. The predicted molar refractivity (Wildman–Crippen MR) is 121 cm³/mol. The summed E-state index contributed by atoms with van der Waals surface area (Å²) in [6.07, 6.45) is 1.20. The molecule has 2 aliphatic rings. The Morgan fingerprint density at radius 1 is 1.16 bits per heavy atom. The first-order valence-corrected chi connectivity index (χ1v) is 10.7.